The van der Waals surface area contributed by atoms with Crippen molar-refractivity contribution < 1.29 is 28.9 Å². The quantitative estimate of drug-likeness (QED) is 0.270. The number of aliphatic hydroxyl groups is 1. The van der Waals surface area contributed by atoms with E-state index in [4.69, 9.17) is 14.2 Å². The number of hydrogen-bond donors (Lipinski definition) is 2. The van der Waals surface area contributed by atoms with Crippen molar-refractivity contribution in [1.82, 2.24) is 0 Å². The maximum atomic E-state index is 12.5. The maximum Gasteiger partial charge on any atom is 0.303 e. The molecule has 1 fully saturated rings. The molecule has 0 aliphatic carbocycles. The topological polar surface area (TPSA) is 94.1 Å². The van der Waals surface area contributed by atoms with E-state index in [9.17, 15) is 14.7 Å². The Labute approximate surface area is 227 Å². The van der Waals surface area contributed by atoms with E-state index < -0.39 is 24.3 Å². The number of benzene rings is 3. The van der Waals surface area contributed by atoms with Gasteiger partial charge in [-0.1, -0.05) is 61.5 Å². The van der Waals surface area contributed by atoms with Crippen LogP contribution in [0.1, 0.15) is 49.9 Å². The highest BCUT2D eigenvalue weighted by atomic mass is 32.2. The predicted molar refractivity (Wildman–Crippen MR) is 146 cm³/mol. The first kappa shape index (κ1) is 27.9. The largest absolute Gasteiger partial charge is 0.453 e. The molecule has 0 saturated carbocycles. The summed E-state index contributed by atoms with van der Waals surface area (Å²) in [4.78, 5) is 24.8. The summed E-state index contributed by atoms with van der Waals surface area (Å²) in [6.07, 6.45) is -1.91. The van der Waals surface area contributed by atoms with Crippen molar-refractivity contribution in [1.29, 1.82) is 0 Å². The van der Waals surface area contributed by atoms with E-state index in [1.54, 1.807) is 17.8 Å². The van der Waals surface area contributed by atoms with Gasteiger partial charge in [0, 0.05) is 34.7 Å². The van der Waals surface area contributed by atoms with Gasteiger partial charge >= 0.3 is 5.97 Å². The van der Waals surface area contributed by atoms with Gasteiger partial charge in [0.05, 0.1) is 18.8 Å². The zero-order chi connectivity index (χ0) is 27.1. The van der Waals surface area contributed by atoms with E-state index in [0.29, 0.717) is 5.69 Å². The second-order valence-electron chi connectivity index (χ2n) is 9.31. The Bertz CT molecular complexity index is 1220. The molecule has 0 unspecified atom stereocenters. The molecular formula is C30H33NO6S. The van der Waals surface area contributed by atoms with E-state index in [0.717, 1.165) is 22.4 Å². The maximum absolute atomic E-state index is 12.5. The molecule has 1 aliphatic rings. The number of anilines is 1. The van der Waals surface area contributed by atoms with Crippen LogP contribution in [0.5, 0.6) is 0 Å². The van der Waals surface area contributed by atoms with Gasteiger partial charge in [-0.15, -0.1) is 11.8 Å². The standard InChI is InChI=1S/C30H33NO6S/c1-19-27(18-38-26-10-5-4-6-11-26)36-30(37-28(19)23-14-12-22(17-32)13-15-23)24-8-7-9-25(16-24)31-29(34)20(2)35-21(3)33/h4-16,19-20,27-28,30,32H,17-18H2,1-3H3,(H,31,34)/t19-,20+,27+,28+,30+/m1/s1. The van der Waals surface area contributed by atoms with E-state index in [2.05, 4.69) is 24.4 Å². The Hall–Kier alpha value is -3.17. The molecular weight excluding hydrogens is 502 g/mol. The van der Waals surface area contributed by atoms with Gasteiger partial charge in [-0.05, 0) is 42.3 Å². The van der Waals surface area contributed by atoms with Crippen LogP contribution in [0.3, 0.4) is 0 Å². The van der Waals surface area contributed by atoms with Crippen LogP contribution in [0.25, 0.3) is 0 Å². The molecule has 1 amide bonds. The Morgan fingerprint density at radius 2 is 1.74 bits per heavy atom. The van der Waals surface area contributed by atoms with Gasteiger partial charge in [0.25, 0.3) is 5.91 Å². The van der Waals surface area contributed by atoms with Crippen molar-refractivity contribution in [2.75, 3.05) is 11.1 Å². The Balaban J connectivity index is 1.56. The van der Waals surface area contributed by atoms with Crippen LogP contribution >= 0.6 is 11.8 Å². The fourth-order valence-electron chi connectivity index (χ4n) is 4.31. The van der Waals surface area contributed by atoms with Gasteiger partial charge in [-0.25, -0.2) is 0 Å². The van der Waals surface area contributed by atoms with E-state index >= 15 is 0 Å². The number of amides is 1. The van der Waals surface area contributed by atoms with Gasteiger partial charge in [-0.3, -0.25) is 9.59 Å². The Morgan fingerprint density at radius 3 is 2.42 bits per heavy atom. The molecule has 0 spiro atoms. The van der Waals surface area contributed by atoms with Gasteiger partial charge in [0.1, 0.15) is 0 Å². The number of carbonyl (C=O) groups is 2. The summed E-state index contributed by atoms with van der Waals surface area (Å²) in [6.45, 7) is 4.91. The number of ether oxygens (including phenoxy) is 3. The lowest BCUT2D eigenvalue weighted by molar-refractivity contribution is -0.268. The zero-order valence-electron chi connectivity index (χ0n) is 21.7. The molecule has 200 valence electrons. The minimum atomic E-state index is -0.912. The summed E-state index contributed by atoms with van der Waals surface area (Å²) in [7, 11) is 0. The normalized spacial score (nSPS) is 21.9. The summed E-state index contributed by atoms with van der Waals surface area (Å²) < 4.78 is 18.0. The van der Waals surface area contributed by atoms with Crippen LogP contribution in [-0.4, -0.2) is 34.9 Å². The predicted octanol–water partition coefficient (Wildman–Crippen LogP) is 5.65. The first-order valence-corrected chi connectivity index (χ1v) is 13.6. The summed E-state index contributed by atoms with van der Waals surface area (Å²) in [5.74, 6) is -0.130. The van der Waals surface area contributed by atoms with Gasteiger partial charge < -0.3 is 24.6 Å². The number of hydrogen-bond acceptors (Lipinski definition) is 7. The minimum Gasteiger partial charge on any atom is -0.453 e. The molecule has 1 saturated heterocycles. The van der Waals surface area contributed by atoms with E-state index in [1.807, 2.05) is 60.7 Å². The number of rotatable bonds is 9. The van der Waals surface area contributed by atoms with E-state index in [1.165, 1.54) is 18.7 Å². The van der Waals surface area contributed by atoms with Crippen molar-refractivity contribution in [3.63, 3.8) is 0 Å². The molecule has 5 atom stereocenters. The summed E-state index contributed by atoms with van der Waals surface area (Å²) in [5.41, 5.74) is 3.17. The molecule has 7 nitrogen and oxygen atoms in total. The molecule has 0 bridgehead atoms. The molecule has 2 N–H and O–H groups in total. The van der Waals surface area contributed by atoms with Crippen LogP contribution in [0.15, 0.2) is 83.8 Å². The molecule has 0 radical (unpaired) electrons. The summed E-state index contributed by atoms with van der Waals surface area (Å²) in [5, 5.41) is 12.3. The van der Waals surface area contributed by atoms with Crippen LogP contribution in [0.2, 0.25) is 0 Å². The molecule has 8 heteroatoms. The minimum absolute atomic E-state index is 0.0159. The highest BCUT2D eigenvalue weighted by Crippen LogP contribution is 2.43. The van der Waals surface area contributed by atoms with Gasteiger partial charge in [0.15, 0.2) is 12.4 Å². The zero-order valence-corrected chi connectivity index (χ0v) is 22.5. The van der Waals surface area contributed by atoms with Crippen LogP contribution in [0.4, 0.5) is 5.69 Å². The number of esters is 1. The lowest BCUT2D eigenvalue weighted by Gasteiger charge is -2.41. The number of carbonyl (C=O) groups excluding carboxylic acids is 2. The third-order valence-electron chi connectivity index (χ3n) is 6.42. The molecule has 0 aromatic heterocycles. The molecule has 38 heavy (non-hydrogen) atoms. The van der Waals surface area contributed by atoms with Gasteiger partial charge in [0.2, 0.25) is 0 Å². The second kappa shape index (κ2) is 13.1. The first-order valence-electron chi connectivity index (χ1n) is 12.6. The van der Waals surface area contributed by atoms with Crippen molar-refractivity contribution >= 4 is 29.3 Å². The number of thioether (sulfide) groups is 1. The summed E-state index contributed by atoms with van der Waals surface area (Å²) in [6, 6.07) is 25.3. The SMILES string of the molecule is CC(=O)O[C@@H](C)C(=O)Nc1cccc([C@H]2O[C@@H](CSc3ccccc3)[C@@H](C)[C@@H](c3ccc(CO)cc3)O2)c1. The van der Waals surface area contributed by atoms with Crippen LogP contribution < -0.4 is 5.32 Å². The molecule has 1 aliphatic heterocycles. The first-order chi connectivity index (χ1) is 18.3. The second-order valence-corrected chi connectivity index (χ2v) is 10.4. The van der Waals surface area contributed by atoms with Crippen molar-refractivity contribution in [3.8, 4) is 0 Å². The molecule has 3 aromatic carbocycles. The van der Waals surface area contributed by atoms with Crippen LogP contribution in [-0.2, 0) is 30.4 Å². The van der Waals surface area contributed by atoms with Crippen LogP contribution in [0, 0.1) is 5.92 Å². The number of nitrogens with one attached hydrogen (secondary N) is 1. The van der Waals surface area contributed by atoms with Crippen molar-refractivity contribution in [3.05, 3.63) is 95.6 Å². The average molecular weight is 536 g/mol. The fourth-order valence-corrected chi connectivity index (χ4v) is 5.40. The monoisotopic (exact) mass is 535 g/mol. The average Bonchev–Trinajstić information content (AvgIpc) is 2.93. The van der Waals surface area contributed by atoms with Crippen molar-refractivity contribution in [2.45, 2.75) is 56.9 Å². The smallest absolute Gasteiger partial charge is 0.303 e. The van der Waals surface area contributed by atoms with E-state index in [-0.39, 0.29) is 24.7 Å². The summed E-state index contributed by atoms with van der Waals surface area (Å²) >= 11 is 1.74. The number of aliphatic hydroxyl groups excluding tert-OH is 1. The molecule has 3 aromatic rings. The third kappa shape index (κ3) is 7.23. The fraction of sp³-hybridized carbons (Fsp3) is 0.333. The lowest BCUT2D eigenvalue weighted by Crippen LogP contribution is -2.38. The lowest BCUT2D eigenvalue weighted by atomic mass is 9.91. The molecule has 4 rings (SSSR count). The third-order valence-corrected chi connectivity index (χ3v) is 7.52. The Morgan fingerprint density at radius 1 is 1.00 bits per heavy atom. The molecule has 1 heterocycles. The van der Waals surface area contributed by atoms with Crippen molar-refractivity contribution in [2.24, 2.45) is 5.92 Å². The highest BCUT2D eigenvalue weighted by Gasteiger charge is 2.38. The van der Waals surface area contributed by atoms with Gasteiger partial charge in [-0.2, -0.15) is 0 Å². The highest BCUT2D eigenvalue weighted by molar-refractivity contribution is 7.99. The Kier molecular flexibility index (Phi) is 9.58.